The second-order valence-electron chi connectivity index (χ2n) is 9.48. The summed E-state index contributed by atoms with van der Waals surface area (Å²) in [5.74, 6) is -0.00925. The van der Waals surface area contributed by atoms with Crippen molar-refractivity contribution in [3.63, 3.8) is 0 Å². The van der Waals surface area contributed by atoms with Gasteiger partial charge in [-0.25, -0.2) is 4.79 Å². The van der Waals surface area contributed by atoms with Crippen LogP contribution in [0.3, 0.4) is 0 Å². The van der Waals surface area contributed by atoms with E-state index in [1.54, 1.807) is 11.0 Å². The quantitative estimate of drug-likeness (QED) is 0.399. The number of hydrogen-bond acceptors (Lipinski definition) is 2. The number of nitrogens with zero attached hydrogens (tertiary/aromatic N) is 1. The van der Waals surface area contributed by atoms with E-state index in [-0.39, 0.29) is 30.7 Å². The molecule has 2 bridgehead atoms. The van der Waals surface area contributed by atoms with E-state index in [2.05, 4.69) is 24.3 Å². The molecule has 3 aliphatic rings. The molecular weight excluding hydrogens is 451 g/mol. The van der Waals surface area contributed by atoms with E-state index >= 15 is 0 Å². The smallest absolute Gasteiger partial charge is 0.416 e. The second kappa shape index (κ2) is 8.29. The van der Waals surface area contributed by atoms with Crippen LogP contribution >= 0.6 is 0 Å². The van der Waals surface area contributed by atoms with Gasteiger partial charge in [-0.2, -0.15) is 13.2 Å². The van der Waals surface area contributed by atoms with E-state index in [1.807, 2.05) is 30.3 Å². The number of benzene rings is 3. The Morgan fingerprint density at radius 1 is 0.914 bits per heavy atom. The summed E-state index contributed by atoms with van der Waals surface area (Å²) < 4.78 is 45.4. The number of fused-ring (bicyclic) bond motifs is 5. The first-order valence-electron chi connectivity index (χ1n) is 11.9. The first-order valence-corrected chi connectivity index (χ1v) is 11.9. The molecule has 0 N–H and O–H groups in total. The second-order valence-corrected chi connectivity index (χ2v) is 9.48. The van der Waals surface area contributed by atoms with Crippen molar-refractivity contribution < 1.29 is 22.7 Å². The summed E-state index contributed by atoms with van der Waals surface area (Å²) >= 11 is 0. The van der Waals surface area contributed by atoms with Crippen LogP contribution in [-0.4, -0.2) is 29.7 Å². The van der Waals surface area contributed by atoms with Gasteiger partial charge in [0, 0.05) is 12.0 Å². The highest BCUT2D eigenvalue weighted by Crippen LogP contribution is 2.45. The third-order valence-corrected chi connectivity index (χ3v) is 7.50. The summed E-state index contributed by atoms with van der Waals surface area (Å²) in [6.45, 7) is 0.257. The lowest BCUT2D eigenvalue weighted by Crippen LogP contribution is -2.43. The van der Waals surface area contributed by atoms with E-state index in [1.165, 1.54) is 23.3 Å². The average molecular weight is 476 g/mol. The molecule has 0 radical (unpaired) electrons. The molecule has 6 rings (SSSR count). The minimum absolute atomic E-state index is 0.00925. The molecule has 0 saturated carbocycles. The van der Waals surface area contributed by atoms with Gasteiger partial charge < -0.3 is 4.74 Å². The predicted octanol–water partition coefficient (Wildman–Crippen LogP) is 7.27. The molecule has 3 nitrogen and oxygen atoms in total. The summed E-state index contributed by atoms with van der Waals surface area (Å²) in [6.07, 6.45) is -0.649. The lowest BCUT2D eigenvalue weighted by molar-refractivity contribution is -0.137. The Morgan fingerprint density at radius 3 is 2.26 bits per heavy atom. The van der Waals surface area contributed by atoms with E-state index in [0.29, 0.717) is 12.0 Å². The van der Waals surface area contributed by atoms with Gasteiger partial charge in [0.1, 0.15) is 6.61 Å². The SMILES string of the molecule is O=C(OCC1c2ccccc2-c2ccccc21)N1C2C=C(c3cccc(C(F)(F)F)c3)CC1CC2. The molecule has 35 heavy (non-hydrogen) atoms. The largest absolute Gasteiger partial charge is 0.448 e. The molecular formula is C29H24F3NO2. The van der Waals surface area contributed by atoms with Gasteiger partial charge >= 0.3 is 12.3 Å². The van der Waals surface area contributed by atoms with Crippen LogP contribution in [0.5, 0.6) is 0 Å². The molecule has 3 aromatic rings. The van der Waals surface area contributed by atoms with Gasteiger partial charge in [-0.05, 0) is 64.8 Å². The lowest BCUT2D eigenvalue weighted by atomic mass is 9.94. The topological polar surface area (TPSA) is 29.5 Å². The molecule has 2 heterocycles. The van der Waals surface area contributed by atoms with E-state index in [4.69, 9.17) is 4.74 Å². The first-order chi connectivity index (χ1) is 16.9. The maximum absolute atomic E-state index is 13.2. The third-order valence-electron chi connectivity index (χ3n) is 7.50. The summed E-state index contributed by atoms with van der Waals surface area (Å²) in [7, 11) is 0. The minimum Gasteiger partial charge on any atom is -0.448 e. The van der Waals surface area contributed by atoms with Crippen molar-refractivity contribution in [2.24, 2.45) is 0 Å². The van der Waals surface area contributed by atoms with Crippen molar-refractivity contribution in [2.45, 2.75) is 43.4 Å². The Labute approximate surface area is 201 Å². The van der Waals surface area contributed by atoms with Crippen molar-refractivity contribution in [1.29, 1.82) is 0 Å². The van der Waals surface area contributed by atoms with Gasteiger partial charge in [0.15, 0.2) is 0 Å². The molecule has 2 aliphatic heterocycles. The molecule has 2 unspecified atom stereocenters. The number of hydrogen-bond donors (Lipinski definition) is 0. The van der Waals surface area contributed by atoms with Crippen LogP contribution in [0.25, 0.3) is 16.7 Å². The summed E-state index contributed by atoms with van der Waals surface area (Å²) in [6, 6.07) is 21.6. The van der Waals surface area contributed by atoms with Crippen LogP contribution in [0.4, 0.5) is 18.0 Å². The average Bonchev–Trinajstić information content (AvgIpc) is 3.32. The zero-order valence-electron chi connectivity index (χ0n) is 19.0. The van der Waals surface area contributed by atoms with Crippen LogP contribution in [0.2, 0.25) is 0 Å². The molecule has 0 spiro atoms. The number of ether oxygens (including phenoxy) is 1. The summed E-state index contributed by atoms with van der Waals surface area (Å²) in [4.78, 5) is 15.0. The first kappa shape index (κ1) is 22.0. The number of alkyl halides is 3. The highest BCUT2D eigenvalue weighted by atomic mass is 19.4. The Hall–Kier alpha value is -3.54. The maximum atomic E-state index is 13.2. The van der Waals surface area contributed by atoms with Gasteiger partial charge in [-0.1, -0.05) is 66.7 Å². The Morgan fingerprint density at radius 2 is 1.60 bits per heavy atom. The fourth-order valence-electron chi connectivity index (χ4n) is 5.89. The zero-order valence-corrected chi connectivity index (χ0v) is 19.0. The third kappa shape index (κ3) is 3.81. The Bertz CT molecular complexity index is 1280. The van der Waals surface area contributed by atoms with Crippen molar-refractivity contribution >= 4 is 11.7 Å². The molecule has 1 aliphatic carbocycles. The molecule has 3 aromatic carbocycles. The lowest BCUT2D eigenvalue weighted by Gasteiger charge is -2.33. The zero-order chi connectivity index (χ0) is 24.2. The number of rotatable bonds is 3. The fraction of sp³-hybridized carbons (Fsp3) is 0.276. The van der Waals surface area contributed by atoms with Gasteiger partial charge in [0.2, 0.25) is 0 Å². The monoisotopic (exact) mass is 475 g/mol. The standard InChI is InChI=1S/C29H24F3NO2/c30-29(31,32)20-7-5-6-18(14-20)19-15-21-12-13-22(16-19)33(21)28(34)35-17-27-25-10-3-1-8-23(25)24-9-2-4-11-26(24)27/h1-11,14-15,21-22,27H,12-13,16-17H2. The van der Waals surface area contributed by atoms with E-state index in [0.717, 1.165) is 35.6 Å². The van der Waals surface area contributed by atoms with Crippen LogP contribution in [-0.2, 0) is 10.9 Å². The van der Waals surface area contributed by atoms with Crippen molar-refractivity contribution in [1.82, 2.24) is 4.90 Å². The van der Waals surface area contributed by atoms with E-state index in [9.17, 15) is 18.0 Å². The van der Waals surface area contributed by atoms with Gasteiger partial charge in [0.25, 0.3) is 0 Å². The molecule has 1 amide bonds. The molecule has 6 heteroatoms. The summed E-state index contributed by atoms with van der Waals surface area (Å²) in [5.41, 5.74) is 5.47. The van der Waals surface area contributed by atoms with Gasteiger partial charge in [-0.15, -0.1) is 0 Å². The Kier molecular flexibility index (Phi) is 5.20. The molecule has 1 fully saturated rings. The number of amides is 1. The van der Waals surface area contributed by atoms with Crippen LogP contribution in [0.1, 0.15) is 47.4 Å². The summed E-state index contributed by atoms with van der Waals surface area (Å²) in [5, 5.41) is 0. The van der Waals surface area contributed by atoms with Crippen molar-refractivity contribution in [2.75, 3.05) is 6.61 Å². The number of carbonyl (C=O) groups excluding carboxylic acids is 1. The normalized spacial score (nSPS) is 20.9. The van der Waals surface area contributed by atoms with Crippen LogP contribution < -0.4 is 0 Å². The Balaban J connectivity index is 1.20. The number of halogens is 3. The molecule has 2 atom stereocenters. The number of carbonyl (C=O) groups is 1. The van der Waals surface area contributed by atoms with E-state index < -0.39 is 11.7 Å². The van der Waals surface area contributed by atoms with Crippen molar-refractivity contribution in [3.8, 4) is 11.1 Å². The fourth-order valence-corrected chi connectivity index (χ4v) is 5.89. The van der Waals surface area contributed by atoms with Crippen LogP contribution in [0, 0.1) is 0 Å². The molecule has 0 aromatic heterocycles. The predicted molar refractivity (Wildman–Crippen MR) is 128 cm³/mol. The van der Waals surface area contributed by atoms with Crippen LogP contribution in [0.15, 0.2) is 78.9 Å². The molecule has 1 saturated heterocycles. The minimum atomic E-state index is -4.38. The van der Waals surface area contributed by atoms with Gasteiger partial charge in [-0.3, -0.25) is 4.90 Å². The highest BCUT2D eigenvalue weighted by Gasteiger charge is 2.41. The van der Waals surface area contributed by atoms with Gasteiger partial charge in [0.05, 0.1) is 11.6 Å². The van der Waals surface area contributed by atoms with Crippen molar-refractivity contribution in [3.05, 3.63) is 101 Å². The molecule has 178 valence electrons. The maximum Gasteiger partial charge on any atom is 0.416 e. The highest BCUT2D eigenvalue weighted by molar-refractivity contribution is 5.79.